The van der Waals surface area contributed by atoms with Crippen LogP contribution >= 0.6 is 0 Å². The van der Waals surface area contributed by atoms with Gasteiger partial charge in [-0.2, -0.15) is 0 Å². The summed E-state index contributed by atoms with van der Waals surface area (Å²) in [6, 6.07) is 6.08. The van der Waals surface area contributed by atoms with Crippen LogP contribution in [0.3, 0.4) is 0 Å². The minimum atomic E-state index is -0.648. The highest BCUT2D eigenvalue weighted by Gasteiger charge is 2.25. The van der Waals surface area contributed by atoms with Gasteiger partial charge in [0.15, 0.2) is 11.6 Å². The Morgan fingerprint density at radius 2 is 1.94 bits per heavy atom. The lowest BCUT2D eigenvalue weighted by atomic mass is 9.98. The molecule has 4 heterocycles. The van der Waals surface area contributed by atoms with Crippen molar-refractivity contribution in [1.82, 2.24) is 29.5 Å². The molecule has 0 aliphatic heterocycles. The van der Waals surface area contributed by atoms with Crippen LogP contribution in [0, 0.1) is 32.0 Å². The summed E-state index contributed by atoms with van der Waals surface area (Å²) in [6.45, 7) is 3.59. The summed E-state index contributed by atoms with van der Waals surface area (Å²) in [5.41, 5.74) is 3.53. The average molecular weight is 483 g/mol. The lowest BCUT2D eigenvalue weighted by Crippen LogP contribution is -1.99. The van der Waals surface area contributed by atoms with Crippen molar-refractivity contribution in [3.05, 3.63) is 71.9 Å². The highest BCUT2D eigenvalue weighted by Crippen LogP contribution is 2.44. The molecule has 0 amide bonds. The van der Waals surface area contributed by atoms with Crippen molar-refractivity contribution in [3.63, 3.8) is 0 Å². The van der Waals surface area contributed by atoms with E-state index in [1.165, 1.54) is 31.8 Å². The monoisotopic (exact) mass is 482 g/mol. The van der Waals surface area contributed by atoms with E-state index < -0.39 is 5.82 Å². The molecule has 1 aromatic carbocycles. The van der Waals surface area contributed by atoms with E-state index in [1.807, 2.05) is 6.92 Å². The average Bonchev–Trinajstić information content (AvgIpc) is 3.19. The van der Waals surface area contributed by atoms with Crippen LogP contribution in [-0.2, 0) is 7.05 Å². The molecular formula is C27H21FN6O2. The van der Waals surface area contributed by atoms with Crippen LogP contribution in [0.5, 0.6) is 17.5 Å². The molecule has 0 atom stereocenters. The van der Waals surface area contributed by atoms with Gasteiger partial charge in [-0.05, 0) is 37.6 Å². The molecule has 9 heteroatoms. The largest absolute Gasteiger partial charge is 0.496 e. The lowest BCUT2D eigenvalue weighted by molar-refractivity contribution is 0.410. The minimum Gasteiger partial charge on any atom is -0.496 e. The first-order chi connectivity index (χ1) is 18.2. The van der Waals surface area contributed by atoms with Crippen molar-refractivity contribution in [2.75, 3.05) is 7.11 Å². The molecule has 0 unspecified atom stereocenters. The number of ether oxygens (including phenoxy) is 2. The highest BCUT2D eigenvalue weighted by atomic mass is 19.1. The molecule has 0 N–H and O–H groups in total. The third kappa shape index (κ3) is 3.88. The van der Waals surface area contributed by atoms with E-state index in [9.17, 15) is 0 Å². The van der Waals surface area contributed by atoms with Crippen LogP contribution < -0.4 is 9.47 Å². The SMILES string of the molecule is [2H]c1nc(C#C)c([2H])c(OC)c1-c1c(-c2ccc(Oc3nccc(C)n3)c(F)c2)c2c(C)ncnc2n1C. The van der Waals surface area contributed by atoms with Crippen molar-refractivity contribution in [3.8, 4) is 52.2 Å². The molecule has 178 valence electrons. The quantitative estimate of drug-likeness (QED) is 0.325. The van der Waals surface area contributed by atoms with Gasteiger partial charge < -0.3 is 14.0 Å². The van der Waals surface area contributed by atoms with Crippen LogP contribution in [-0.4, -0.2) is 36.6 Å². The summed E-state index contributed by atoms with van der Waals surface area (Å²) in [7, 11) is 3.15. The number of rotatable bonds is 5. The summed E-state index contributed by atoms with van der Waals surface area (Å²) in [5.74, 6) is 1.70. The number of nitrogens with zero attached hydrogens (tertiary/aromatic N) is 6. The first-order valence-electron chi connectivity index (χ1n) is 11.8. The number of hydrogen-bond donors (Lipinski definition) is 0. The van der Waals surface area contributed by atoms with Crippen LogP contribution in [0.25, 0.3) is 33.4 Å². The van der Waals surface area contributed by atoms with Gasteiger partial charge in [-0.3, -0.25) is 0 Å². The Morgan fingerprint density at radius 3 is 2.67 bits per heavy atom. The number of pyridine rings is 1. The van der Waals surface area contributed by atoms with Gasteiger partial charge in [0, 0.05) is 42.1 Å². The van der Waals surface area contributed by atoms with Crippen LogP contribution in [0.1, 0.15) is 19.8 Å². The van der Waals surface area contributed by atoms with E-state index in [2.05, 4.69) is 30.8 Å². The van der Waals surface area contributed by atoms with E-state index in [1.54, 1.807) is 30.7 Å². The lowest BCUT2D eigenvalue weighted by Gasteiger charge is -2.13. The Bertz CT molecular complexity index is 1780. The molecule has 8 nitrogen and oxygen atoms in total. The fourth-order valence-electron chi connectivity index (χ4n) is 4.03. The van der Waals surface area contributed by atoms with Gasteiger partial charge in [0.1, 0.15) is 23.4 Å². The van der Waals surface area contributed by atoms with Crippen molar-refractivity contribution >= 4 is 11.0 Å². The van der Waals surface area contributed by atoms with Gasteiger partial charge >= 0.3 is 6.01 Å². The van der Waals surface area contributed by atoms with E-state index in [-0.39, 0.29) is 41.0 Å². The zero-order chi connectivity index (χ0) is 27.1. The molecule has 36 heavy (non-hydrogen) atoms. The molecule has 0 spiro atoms. The first kappa shape index (κ1) is 20.5. The van der Waals surface area contributed by atoms with E-state index in [0.717, 1.165) is 0 Å². The normalized spacial score (nSPS) is 11.7. The predicted molar refractivity (Wildman–Crippen MR) is 133 cm³/mol. The molecule has 0 bridgehead atoms. The van der Waals surface area contributed by atoms with E-state index >= 15 is 4.39 Å². The summed E-state index contributed by atoms with van der Waals surface area (Å²) >= 11 is 0. The standard InChI is InChI=1S/C27H21FN6O2/c1-6-18-12-22(35-5)19(13-30-18)25-24(23-16(3)31-14-32-26(23)34(25)4)17-7-8-21(20(28)11-17)36-27-29-10-9-15(2)33-27/h1,7-14H,2-5H3/i12D,13D. The van der Waals surface area contributed by atoms with Gasteiger partial charge in [0.25, 0.3) is 0 Å². The number of terminal acetylenes is 1. The summed E-state index contributed by atoms with van der Waals surface area (Å²) < 4.78 is 45.4. The number of hydrogen-bond acceptors (Lipinski definition) is 7. The van der Waals surface area contributed by atoms with Crippen molar-refractivity contribution in [1.29, 1.82) is 0 Å². The minimum absolute atomic E-state index is 0.0159. The molecule has 5 aromatic rings. The van der Waals surface area contributed by atoms with Gasteiger partial charge in [-0.1, -0.05) is 12.0 Å². The Kier molecular flexibility index (Phi) is 5.17. The van der Waals surface area contributed by atoms with Gasteiger partial charge in [-0.15, -0.1) is 6.42 Å². The molecule has 0 aliphatic rings. The number of aromatic nitrogens is 6. The molecule has 0 aliphatic carbocycles. The van der Waals surface area contributed by atoms with Crippen molar-refractivity contribution in [2.45, 2.75) is 13.8 Å². The second-order valence-electron chi connectivity index (χ2n) is 7.92. The smallest absolute Gasteiger partial charge is 0.322 e. The maximum absolute atomic E-state index is 15.4. The van der Waals surface area contributed by atoms with Gasteiger partial charge in [0.05, 0.1) is 26.8 Å². The summed E-state index contributed by atoms with van der Waals surface area (Å²) in [4.78, 5) is 21.1. The fraction of sp³-hybridized carbons (Fsp3) is 0.148. The van der Waals surface area contributed by atoms with Gasteiger partial charge in [0.2, 0.25) is 0 Å². The Labute approximate surface area is 209 Å². The molecule has 0 saturated heterocycles. The second-order valence-corrected chi connectivity index (χ2v) is 7.92. The zero-order valence-corrected chi connectivity index (χ0v) is 19.9. The molecular weight excluding hydrogens is 459 g/mol. The molecule has 5 rings (SSSR count). The topological polar surface area (TPSA) is 87.8 Å². The zero-order valence-electron chi connectivity index (χ0n) is 21.9. The first-order valence-corrected chi connectivity index (χ1v) is 10.8. The third-order valence-corrected chi connectivity index (χ3v) is 5.67. The molecule has 0 fully saturated rings. The second kappa shape index (κ2) is 9.07. The van der Waals surface area contributed by atoms with Crippen molar-refractivity contribution < 1.29 is 16.6 Å². The highest BCUT2D eigenvalue weighted by molar-refractivity contribution is 6.05. The van der Waals surface area contributed by atoms with Gasteiger partial charge in [-0.25, -0.2) is 29.3 Å². The summed E-state index contributed by atoms with van der Waals surface area (Å²) in [6.07, 6.45) is 8.27. The molecule has 0 radical (unpaired) electrons. The molecule has 4 aromatic heterocycles. The Morgan fingerprint density at radius 1 is 1.11 bits per heavy atom. The number of halogens is 1. The number of methoxy groups -OCH3 is 1. The summed E-state index contributed by atoms with van der Waals surface area (Å²) in [5, 5.41) is 0.647. The van der Waals surface area contributed by atoms with Crippen molar-refractivity contribution in [2.24, 2.45) is 7.05 Å². The fourth-order valence-corrected chi connectivity index (χ4v) is 4.03. The number of aryl methyl sites for hydroxylation is 3. The number of benzene rings is 1. The van der Waals surface area contributed by atoms with Crippen LogP contribution in [0.2, 0.25) is 0 Å². The van der Waals surface area contributed by atoms with Crippen LogP contribution in [0.4, 0.5) is 4.39 Å². The van der Waals surface area contributed by atoms with E-state index in [4.69, 9.17) is 18.6 Å². The molecule has 0 saturated carbocycles. The number of fused-ring (bicyclic) bond motifs is 1. The van der Waals surface area contributed by atoms with E-state index in [0.29, 0.717) is 39.2 Å². The maximum Gasteiger partial charge on any atom is 0.322 e. The Hall–Kier alpha value is -4.84. The predicted octanol–water partition coefficient (Wildman–Crippen LogP) is 5.03. The Balaban J connectivity index is 1.78. The third-order valence-electron chi connectivity index (χ3n) is 5.67. The van der Waals surface area contributed by atoms with Crippen LogP contribution in [0.15, 0.2) is 49.0 Å². The maximum atomic E-state index is 15.4.